The zero-order valence-corrected chi connectivity index (χ0v) is 16.6. The fourth-order valence-electron chi connectivity index (χ4n) is 2.56. The first-order valence-corrected chi connectivity index (χ1v) is 10.4. The Labute approximate surface area is 164 Å². The van der Waals surface area contributed by atoms with Gasteiger partial charge in [0.25, 0.3) is 0 Å². The number of anilines is 2. The normalized spacial score (nSPS) is 11.4. The van der Waals surface area contributed by atoms with Crippen LogP contribution in [-0.2, 0) is 10.0 Å². The van der Waals surface area contributed by atoms with Crippen LogP contribution in [0.5, 0.6) is 0 Å². The van der Waals surface area contributed by atoms with Gasteiger partial charge in [0.05, 0.1) is 10.6 Å². The van der Waals surface area contributed by atoms with Crippen molar-refractivity contribution in [1.29, 1.82) is 0 Å². The summed E-state index contributed by atoms with van der Waals surface area (Å²) in [4.78, 5) is 8.82. The first-order chi connectivity index (χ1) is 13.5. The van der Waals surface area contributed by atoms with E-state index >= 15 is 0 Å². The molecule has 0 saturated heterocycles. The Morgan fingerprint density at radius 3 is 2.54 bits per heavy atom. The van der Waals surface area contributed by atoms with Crippen LogP contribution in [0.4, 0.5) is 11.8 Å². The van der Waals surface area contributed by atoms with Gasteiger partial charge in [-0.2, -0.15) is 10.1 Å². The predicted octanol–water partition coefficient (Wildman–Crippen LogP) is 1.79. The summed E-state index contributed by atoms with van der Waals surface area (Å²) in [5.41, 5.74) is 1.62. The van der Waals surface area contributed by atoms with Gasteiger partial charge in [0.2, 0.25) is 16.0 Å². The zero-order valence-electron chi connectivity index (χ0n) is 15.8. The van der Waals surface area contributed by atoms with Crippen LogP contribution in [0.2, 0.25) is 0 Å². The number of benzene rings is 1. The molecule has 1 aromatic carbocycles. The molecule has 3 N–H and O–H groups in total. The third kappa shape index (κ3) is 5.05. The largest absolute Gasteiger partial charge is 0.370 e. The van der Waals surface area contributed by atoms with Gasteiger partial charge in [-0.25, -0.2) is 22.8 Å². The van der Waals surface area contributed by atoms with Crippen molar-refractivity contribution in [2.45, 2.75) is 18.7 Å². The first kappa shape index (κ1) is 19.8. The molecule has 0 atom stereocenters. The van der Waals surface area contributed by atoms with Gasteiger partial charge in [-0.1, -0.05) is 0 Å². The van der Waals surface area contributed by atoms with Crippen molar-refractivity contribution in [2.24, 2.45) is 0 Å². The van der Waals surface area contributed by atoms with Crippen LogP contribution >= 0.6 is 0 Å². The van der Waals surface area contributed by atoms with Crippen molar-refractivity contribution in [3.05, 3.63) is 54.5 Å². The summed E-state index contributed by atoms with van der Waals surface area (Å²) >= 11 is 0. The molecule has 28 heavy (non-hydrogen) atoms. The van der Waals surface area contributed by atoms with E-state index in [1.54, 1.807) is 47.4 Å². The number of nitrogens with zero attached hydrogens (tertiary/aromatic N) is 4. The Balaban J connectivity index is 1.55. The lowest BCUT2D eigenvalue weighted by molar-refractivity contribution is 0.583. The number of nitrogens with one attached hydrogen (secondary N) is 3. The van der Waals surface area contributed by atoms with E-state index in [2.05, 4.69) is 30.4 Å². The van der Waals surface area contributed by atoms with Crippen molar-refractivity contribution in [3.63, 3.8) is 0 Å². The molecule has 0 bridgehead atoms. The predicted molar refractivity (Wildman–Crippen MR) is 108 cm³/mol. The van der Waals surface area contributed by atoms with E-state index in [9.17, 15) is 8.42 Å². The summed E-state index contributed by atoms with van der Waals surface area (Å²) in [5, 5.41) is 10.3. The van der Waals surface area contributed by atoms with Crippen LogP contribution < -0.4 is 15.4 Å². The van der Waals surface area contributed by atoms with E-state index in [1.807, 2.05) is 19.9 Å². The summed E-state index contributed by atoms with van der Waals surface area (Å²) in [6, 6.07) is 10.2. The van der Waals surface area contributed by atoms with Gasteiger partial charge in [0, 0.05) is 43.8 Å². The monoisotopic (exact) mass is 401 g/mol. The van der Waals surface area contributed by atoms with Gasteiger partial charge in [-0.3, -0.25) is 0 Å². The molecule has 3 aromatic rings. The van der Waals surface area contributed by atoms with Crippen LogP contribution in [0, 0.1) is 6.92 Å². The van der Waals surface area contributed by atoms with Crippen molar-refractivity contribution >= 4 is 21.8 Å². The molecule has 2 heterocycles. The smallest absolute Gasteiger partial charge is 0.240 e. The molecule has 10 heteroatoms. The third-order valence-corrected chi connectivity index (χ3v) is 5.31. The molecule has 0 radical (unpaired) electrons. The van der Waals surface area contributed by atoms with E-state index in [0.29, 0.717) is 12.5 Å². The molecular formula is C18H23N7O2S. The highest BCUT2D eigenvalue weighted by Gasteiger charge is 2.13. The van der Waals surface area contributed by atoms with Crippen LogP contribution in [0.25, 0.3) is 5.69 Å². The summed E-state index contributed by atoms with van der Waals surface area (Å²) in [7, 11) is -3.60. The maximum Gasteiger partial charge on any atom is 0.240 e. The quantitative estimate of drug-likeness (QED) is 0.468. The second kappa shape index (κ2) is 8.81. The third-order valence-electron chi connectivity index (χ3n) is 3.83. The van der Waals surface area contributed by atoms with E-state index in [4.69, 9.17) is 0 Å². The van der Waals surface area contributed by atoms with E-state index in [1.165, 1.54) is 0 Å². The summed E-state index contributed by atoms with van der Waals surface area (Å²) in [6.07, 6.45) is 3.46. The van der Waals surface area contributed by atoms with E-state index in [-0.39, 0.29) is 11.4 Å². The Morgan fingerprint density at radius 2 is 1.86 bits per heavy atom. The zero-order chi connectivity index (χ0) is 20.0. The van der Waals surface area contributed by atoms with Gasteiger partial charge in [-0.15, -0.1) is 0 Å². The van der Waals surface area contributed by atoms with Gasteiger partial charge in [0.1, 0.15) is 5.82 Å². The van der Waals surface area contributed by atoms with Crippen molar-refractivity contribution in [3.8, 4) is 5.69 Å². The number of rotatable bonds is 9. The average Bonchev–Trinajstić information content (AvgIpc) is 3.20. The van der Waals surface area contributed by atoms with E-state index in [0.717, 1.165) is 23.7 Å². The van der Waals surface area contributed by atoms with Crippen LogP contribution in [-0.4, -0.2) is 47.8 Å². The van der Waals surface area contributed by atoms with Gasteiger partial charge < -0.3 is 10.6 Å². The molecule has 0 unspecified atom stereocenters. The minimum Gasteiger partial charge on any atom is -0.370 e. The molecule has 148 valence electrons. The summed E-state index contributed by atoms with van der Waals surface area (Å²) in [6.45, 7) is 5.19. The lowest BCUT2D eigenvalue weighted by Crippen LogP contribution is -2.29. The Hall–Kier alpha value is -2.98. The van der Waals surface area contributed by atoms with Crippen molar-refractivity contribution in [2.75, 3.05) is 30.3 Å². The highest BCUT2D eigenvalue weighted by Crippen LogP contribution is 2.13. The highest BCUT2D eigenvalue weighted by molar-refractivity contribution is 7.89. The fourth-order valence-corrected chi connectivity index (χ4v) is 3.59. The summed E-state index contributed by atoms with van der Waals surface area (Å²) in [5.74, 6) is 1.19. The van der Waals surface area contributed by atoms with Crippen LogP contribution in [0.1, 0.15) is 12.6 Å². The minimum atomic E-state index is -3.60. The Kier molecular flexibility index (Phi) is 6.22. The first-order valence-electron chi connectivity index (χ1n) is 8.91. The maximum atomic E-state index is 12.4. The number of aryl methyl sites for hydroxylation is 1. The molecule has 0 amide bonds. The fraction of sp³-hybridized carbons (Fsp3) is 0.278. The molecule has 0 aliphatic carbocycles. The molecule has 0 saturated carbocycles. The number of hydrogen-bond acceptors (Lipinski definition) is 7. The number of aromatic nitrogens is 4. The minimum absolute atomic E-state index is 0.199. The number of sulfonamides is 1. The van der Waals surface area contributed by atoms with Gasteiger partial charge in [0.15, 0.2) is 0 Å². The molecule has 0 aliphatic rings. The Bertz CT molecular complexity index is 1000. The maximum absolute atomic E-state index is 12.4. The summed E-state index contributed by atoms with van der Waals surface area (Å²) < 4.78 is 29.1. The lowest BCUT2D eigenvalue weighted by Gasteiger charge is -2.10. The standard InChI is InChI=1S/C18H23N7O2S/c1-3-19-17-13-14(2)23-18(24-17)20-10-11-22-28(26,27)16-7-5-15(6-8-16)25-12-4-9-21-25/h4-9,12-13,22H,3,10-11H2,1-2H3,(H2,19,20,23,24). The molecule has 9 nitrogen and oxygen atoms in total. The van der Waals surface area contributed by atoms with Gasteiger partial charge >= 0.3 is 0 Å². The molecule has 0 spiro atoms. The molecule has 0 aliphatic heterocycles. The SMILES string of the molecule is CCNc1cc(C)nc(NCCNS(=O)(=O)c2ccc(-n3cccn3)cc2)n1. The van der Waals surface area contributed by atoms with Crippen LogP contribution in [0.3, 0.4) is 0 Å². The second-order valence-electron chi connectivity index (χ2n) is 6.02. The molecule has 3 rings (SSSR count). The molecular weight excluding hydrogens is 378 g/mol. The van der Waals surface area contributed by atoms with Gasteiger partial charge in [-0.05, 0) is 44.2 Å². The Morgan fingerprint density at radius 1 is 1.07 bits per heavy atom. The highest BCUT2D eigenvalue weighted by atomic mass is 32.2. The van der Waals surface area contributed by atoms with Crippen molar-refractivity contribution < 1.29 is 8.42 Å². The topological polar surface area (TPSA) is 114 Å². The van der Waals surface area contributed by atoms with Crippen molar-refractivity contribution in [1.82, 2.24) is 24.5 Å². The molecule has 0 fully saturated rings. The second-order valence-corrected chi connectivity index (χ2v) is 7.78. The molecule has 2 aromatic heterocycles. The van der Waals surface area contributed by atoms with E-state index < -0.39 is 10.0 Å². The lowest BCUT2D eigenvalue weighted by atomic mass is 10.3. The van der Waals surface area contributed by atoms with Crippen LogP contribution in [0.15, 0.2) is 53.7 Å². The number of hydrogen-bond donors (Lipinski definition) is 3. The average molecular weight is 401 g/mol.